The van der Waals surface area contributed by atoms with Gasteiger partial charge in [-0.2, -0.15) is 0 Å². The maximum atomic E-state index is 5.76. The summed E-state index contributed by atoms with van der Waals surface area (Å²) in [7, 11) is 2.15. The lowest BCUT2D eigenvalue weighted by atomic mass is 10.1. The summed E-state index contributed by atoms with van der Waals surface area (Å²) in [6.07, 6.45) is 2.77. The molecule has 1 unspecified atom stereocenters. The Balaban J connectivity index is 2.13. The van der Waals surface area contributed by atoms with Crippen LogP contribution in [0.1, 0.15) is 19.8 Å². The Morgan fingerprint density at radius 2 is 2.14 bits per heavy atom. The molecule has 1 aromatic rings. The molecular formula is C12H18N2. The van der Waals surface area contributed by atoms with Crippen LogP contribution in [0.2, 0.25) is 0 Å². The highest BCUT2D eigenvalue weighted by Gasteiger charge is 2.30. The summed E-state index contributed by atoms with van der Waals surface area (Å²) < 4.78 is 0. The maximum Gasteiger partial charge on any atom is 0.0386 e. The van der Waals surface area contributed by atoms with Gasteiger partial charge in [-0.3, -0.25) is 0 Å². The minimum absolute atomic E-state index is 0.636. The van der Waals surface area contributed by atoms with Gasteiger partial charge in [0, 0.05) is 24.5 Å². The zero-order valence-electron chi connectivity index (χ0n) is 8.90. The monoisotopic (exact) mass is 190 g/mol. The molecule has 2 N–H and O–H groups in total. The summed E-state index contributed by atoms with van der Waals surface area (Å²) in [4.78, 5) is 2.33. The molecule has 1 atom stereocenters. The number of nitrogens with zero attached hydrogens (tertiary/aromatic N) is 1. The number of hydrogen-bond donors (Lipinski definition) is 1. The van der Waals surface area contributed by atoms with Gasteiger partial charge < -0.3 is 10.6 Å². The fraction of sp³-hybridized carbons (Fsp3) is 0.500. The predicted molar refractivity (Wildman–Crippen MR) is 61.4 cm³/mol. The highest BCUT2D eigenvalue weighted by atomic mass is 15.1. The van der Waals surface area contributed by atoms with Crippen molar-refractivity contribution in [2.24, 2.45) is 5.92 Å². The van der Waals surface area contributed by atoms with Gasteiger partial charge >= 0.3 is 0 Å². The lowest BCUT2D eigenvalue weighted by molar-refractivity contribution is 0.609. The average Bonchev–Trinajstić information content (AvgIpc) is 2.99. The van der Waals surface area contributed by atoms with Gasteiger partial charge in [0.1, 0.15) is 0 Å². The zero-order chi connectivity index (χ0) is 10.1. The smallest absolute Gasteiger partial charge is 0.0386 e. The second kappa shape index (κ2) is 3.52. The van der Waals surface area contributed by atoms with Crippen molar-refractivity contribution in [1.29, 1.82) is 0 Å². The Labute approximate surface area is 85.7 Å². The molecule has 2 rings (SSSR count). The van der Waals surface area contributed by atoms with Crippen LogP contribution in [0.25, 0.3) is 0 Å². The molecule has 0 spiro atoms. The Morgan fingerprint density at radius 3 is 2.71 bits per heavy atom. The average molecular weight is 190 g/mol. The van der Waals surface area contributed by atoms with E-state index in [-0.39, 0.29) is 0 Å². The third kappa shape index (κ3) is 1.84. The first kappa shape index (κ1) is 9.38. The van der Waals surface area contributed by atoms with E-state index >= 15 is 0 Å². The Bertz CT molecular complexity index is 318. The summed E-state index contributed by atoms with van der Waals surface area (Å²) in [5.41, 5.74) is 7.83. The van der Waals surface area contributed by atoms with E-state index in [1.54, 1.807) is 0 Å². The van der Waals surface area contributed by atoms with E-state index in [0.717, 1.165) is 11.6 Å². The predicted octanol–water partition coefficient (Wildman–Crippen LogP) is 2.50. The van der Waals surface area contributed by atoms with Gasteiger partial charge in [-0.15, -0.1) is 0 Å². The molecule has 0 amide bonds. The molecule has 0 bridgehead atoms. The largest absolute Gasteiger partial charge is 0.399 e. The van der Waals surface area contributed by atoms with Crippen molar-refractivity contribution in [2.75, 3.05) is 17.7 Å². The van der Waals surface area contributed by atoms with Crippen LogP contribution in [0.4, 0.5) is 11.4 Å². The Morgan fingerprint density at radius 1 is 1.43 bits per heavy atom. The lowest BCUT2D eigenvalue weighted by Crippen LogP contribution is -2.30. The number of benzene rings is 1. The van der Waals surface area contributed by atoms with Crippen molar-refractivity contribution in [3.8, 4) is 0 Å². The molecule has 2 heteroatoms. The van der Waals surface area contributed by atoms with E-state index in [0.29, 0.717) is 6.04 Å². The van der Waals surface area contributed by atoms with Gasteiger partial charge in [0.15, 0.2) is 0 Å². The molecule has 0 aromatic heterocycles. The van der Waals surface area contributed by atoms with Crippen LogP contribution in [0.3, 0.4) is 0 Å². The van der Waals surface area contributed by atoms with Gasteiger partial charge in [0.05, 0.1) is 0 Å². The number of anilines is 2. The van der Waals surface area contributed by atoms with Crippen molar-refractivity contribution in [2.45, 2.75) is 25.8 Å². The van der Waals surface area contributed by atoms with Crippen LogP contribution in [0.15, 0.2) is 24.3 Å². The first-order valence-electron chi connectivity index (χ1n) is 5.27. The van der Waals surface area contributed by atoms with E-state index in [2.05, 4.69) is 24.9 Å². The number of rotatable bonds is 3. The number of hydrogen-bond acceptors (Lipinski definition) is 2. The molecule has 1 saturated carbocycles. The molecule has 14 heavy (non-hydrogen) atoms. The molecule has 2 nitrogen and oxygen atoms in total. The van der Waals surface area contributed by atoms with Crippen molar-refractivity contribution in [1.82, 2.24) is 0 Å². The third-order valence-electron chi connectivity index (χ3n) is 3.19. The van der Waals surface area contributed by atoms with Crippen LogP contribution < -0.4 is 10.6 Å². The van der Waals surface area contributed by atoms with Crippen LogP contribution in [-0.2, 0) is 0 Å². The second-order valence-electron chi connectivity index (χ2n) is 4.28. The number of nitrogen functional groups attached to an aromatic ring is 1. The molecule has 1 aromatic carbocycles. The van der Waals surface area contributed by atoms with E-state index < -0.39 is 0 Å². The first-order chi connectivity index (χ1) is 6.68. The van der Waals surface area contributed by atoms with Crippen LogP contribution in [0, 0.1) is 5.92 Å². The minimum Gasteiger partial charge on any atom is -0.399 e. The van der Waals surface area contributed by atoms with E-state index in [4.69, 9.17) is 5.73 Å². The summed E-state index contributed by atoms with van der Waals surface area (Å²) in [6, 6.07) is 8.74. The van der Waals surface area contributed by atoms with Crippen molar-refractivity contribution in [3.05, 3.63) is 24.3 Å². The molecule has 0 heterocycles. The van der Waals surface area contributed by atoms with Crippen LogP contribution in [0.5, 0.6) is 0 Å². The molecule has 0 radical (unpaired) electrons. The molecule has 76 valence electrons. The van der Waals surface area contributed by atoms with Crippen molar-refractivity contribution < 1.29 is 0 Å². The fourth-order valence-electron chi connectivity index (χ4n) is 1.87. The van der Waals surface area contributed by atoms with Gasteiger partial charge in [-0.05, 0) is 43.9 Å². The number of nitrogens with two attached hydrogens (primary N) is 1. The summed E-state index contributed by atoms with van der Waals surface area (Å²) in [5.74, 6) is 0.890. The normalized spacial score (nSPS) is 17.9. The minimum atomic E-state index is 0.636. The molecular weight excluding hydrogens is 172 g/mol. The van der Waals surface area contributed by atoms with Crippen LogP contribution >= 0.6 is 0 Å². The Kier molecular flexibility index (Phi) is 2.36. The van der Waals surface area contributed by atoms with Gasteiger partial charge in [-0.1, -0.05) is 6.07 Å². The van der Waals surface area contributed by atoms with E-state index in [1.807, 2.05) is 18.2 Å². The van der Waals surface area contributed by atoms with Gasteiger partial charge in [0.2, 0.25) is 0 Å². The second-order valence-corrected chi connectivity index (χ2v) is 4.28. The topological polar surface area (TPSA) is 29.3 Å². The van der Waals surface area contributed by atoms with Crippen molar-refractivity contribution >= 4 is 11.4 Å². The highest BCUT2D eigenvalue weighted by Crippen LogP contribution is 2.36. The van der Waals surface area contributed by atoms with Crippen LogP contribution in [-0.4, -0.2) is 13.1 Å². The van der Waals surface area contributed by atoms with Gasteiger partial charge in [-0.25, -0.2) is 0 Å². The quantitative estimate of drug-likeness (QED) is 0.742. The summed E-state index contributed by atoms with van der Waals surface area (Å²) in [6.45, 7) is 2.29. The van der Waals surface area contributed by atoms with Gasteiger partial charge in [0.25, 0.3) is 0 Å². The zero-order valence-corrected chi connectivity index (χ0v) is 8.90. The lowest BCUT2D eigenvalue weighted by Gasteiger charge is -2.27. The van der Waals surface area contributed by atoms with E-state index in [1.165, 1.54) is 18.5 Å². The summed E-state index contributed by atoms with van der Waals surface area (Å²) >= 11 is 0. The molecule has 1 aliphatic rings. The van der Waals surface area contributed by atoms with Crippen molar-refractivity contribution in [3.63, 3.8) is 0 Å². The summed E-state index contributed by atoms with van der Waals surface area (Å²) in [5, 5.41) is 0. The van der Waals surface area contributed by atoms with E-state index in [9.17, 15) is 0 Å². The first-order valence-corrected chi connectivity index (χ1v) is 5.27. The maximum absolute atomic E-state index is 5.76. The third-order valence-corrected chi connectivity index (χ3v) is 3.19. The highest BCUT2D eigenvalue weighted by molar-refractivity contribution is 5.56. The fourth-order valence-corrected chi connectivity index (χ4v) is 1.87. The molecule has 1 fully saturated rings. The molecule has 1 aliphatic carbocycles. The molecule has 0 aliphatic heterocycles. The Hall–Kier alpha value is -1.18. The molecule has 0 saturated heterocycles. The SMILES string of the molecule is CC(C1CC1)N(C)c1cccc(N)c1. The standard InChI is InChI=1S/C12H18N2/c1-9(10-6-7-10)14(2)12-5-3-4-11(13)8-12/h3-5,8-10H,6-7,13H2,1-2H3.